The van der Waals surface area contributed by atoms with Crippen LogP contribution in [0.2, 0.25) is 0 Å². The van der Waals surface area contributed by atoms with E-state index in [1.807, 2.05) is 11.5 Å². The van der Waals surface area contributed by atoms with Gasteiger partial charge in [0.15, 0.2) is 16.5 Å². The van der Waals surface area contributed by atoms with Gasteiger partial charge in [0, 0.05) is 32.7 Å². The third-order valence-corrected chi connectivity index (χ3v) is 5.92. The molecule has 10 heteroatoms. The molecule has 3 heterocycles. The first-order chi connectivity index (χ1) is 14.3. The topological polar surface area (TPSA) is 84.2 Å². The van der Waals surface area contributed by atoms with Crippen molar-refractivity contribution in [2.45, 2.75) is 26.4 Å². The van der Waals surface area contributed by atoms with Crippen molar-refractivity contribution in [1.29, 1.82) is 0 Å². The molecule has 8 nitrogen and oxygen atoms in total. The van der Waals surface area contributed by atoms with E-state index < -0.39 is 11.9 Å². The van der Waals surface area contributed by atoms with E-state index in [2.05, 4.69) is 14.3 Å². The number of rotatable bonds is 3. The molecule has 0 N–H and O–H groups in total. The van der Waals surface area contributed by atoms with Crippen LogP contribution in [0.5, 0.6) is 0 Å². The van der Waals surface area contributed by atoms with E-state index in [0.717, 1.165) is 0 Å². The molecule has 0 fully saturated rings. The molecule has 1 aliphatic heterocycles. The Hall–Kier alpha value is -3.14. The third-order valence-electron chi connectivity index (χ3n) is 5.11. The number of halogens is 1. The Morgan fingerprint density at radius 2 is 1.87 bits per heavy atom. The third kappa shape index (κ3) is 3.36. The van der Waals surface area contributed by atoms with Crippen molar-refractivity contribution in [1.82, 2.24) is 28.7 Å². The number of aromatic nitrogens is 4. The van der Waals surface area contributed by atoms with Crippen LogP contribution in [0.3, 0.4) is 0 Å². The van der Waals surface area contributed by atoms with Gasteiger partial charge >= 0.3 is 0 Å². The quantitative estimate of drug-likeness (QED) is 0.641. The van der Waals surface area contributed by atoms with Crippen LogP contribution in [0.1, 0.15) is 45.3 Å². The minimum absolute atomic E-state index is 0.216. The lowest BCUT2D eigenvalue weighted by atomic mass is 10.1. The van der Waals surface area contributed by atoms with E-state index in [1.165, 1.54) is 40.7 Å². The molecule has 156 valence electrons. The Balaban J connectivity index is 1.78. The summed E-state index contributed by atoms with van der Waals surface area (Å²) in [7, 11) is 3.33. The lowest BCUT2D eigenvalue weighted by Gasteiger charge is -2.35. The highest BCUT2D eigenvalue weighted by molar-refractivity contribution is 7.09. The van der Waals surface area contributed by atoms with Gasteiger partial charge in [-0.05, 0) is 49.6 Å². The second-order valence-corrected chi connectivity index (χ2v) is 8.10. The molecule has 0 aliphatic carbocycles. The molecule has 2 aromatic heterocycles. The number of carbonyl (C=O) groups excluding carboxylic acids is 2. The summed E-state index contributed by atoms with van der Waals surface area (Å²) in [6.07, 6.45) is 0. The summed E-state index contributed by atoms with van der Waals surface area (Å²) in [5.41, 5.74) is 1.36. The van der Waals surface area contributed by atoms with E-state index in [0.29, 0.717) is 46.7 Å². The van der Waals surface area contributed by atoms with Crippen LogP contribution >= 0.6 is 11.5 Å². The molecule has 0 saturated heterocycles. The minimum Gasteiger partial charge on any atom is -0.343 e. The summed E-state index contributed by atoms with van der Waals surface area (Å²) in [5, 5.41) is 0.636. The molecule has 0 saturated carbocycles. The number of carbonyl (C=O) groups is 2. The standard InChI is InChI=1S/C20H21FN6O2S/c1-11-16-15(20(29)25(3)4)23-17(18-22-12(2)24-30-18)27(16)10-9-26(11)19(28)13-5-7-14(21)8-6-13/h5-8,11H,9-10H2,1-4H3. The van der Waals surface area contributed by atoms with Crippen molar-refractivity contribution in [2.24, 2.45) is 0 Å². The second-order valence-electron chi connectivity index (χ2n) is 7.35. The monoisotopic (exact) mass is 428 g/mol. The first kappa shape index (κ1) is 20.1. The molecule has 2 amide bonds. The molecule has 0 bridgehead atoms. The van der Waals surface area contributed by atoms with Gasteiger partial charge in [0.1, 0.15) is 11.6 Å². The minimum atomic E-state index is -0.398. The number of nitrogens with zero attached hydrogens (tertiary/aromatic N) is 6. The Morgan fingerprint density at radius 3 is 2.47 bits per heavy atom. The maximum Gasteiger partial charge on any atom is 0.273 e. The fraction of sp³-hybridized carbons (Fsp3) is 0.350. The summed E-state index contributed by atoms with van der Waals surface area (Å²) in [5.74, 6) is 0.374. The Labute approximate surface area is 177 Å². The van der Waals surface area contributed by atoms with Gasteiger partial charge in [-0.2, -0.15) is 4.37 Å². The lowest BCUT2D eigenvalue weighted by molar-refractivity contribution is 0.0636. The highest BCUT2D eigenvalue weighted by Gasteiger charge is 2.36. The molecule has 1 atom stereocenters. The van der Waals surface area contributed by atoms with Gasteiger partial charge in [0.05, 0.1) is 11.7 Å². The van der Waals surface area contributed by atoms with Crippen LogP contribution in [-0.2, 0) is 6.54 Å². The lowest BCUT2D eigenvalue weighted by Crippen LogP contribution is -2.42. The molecular formula is C20H21FN6O2S. The molecular weight excluding hydrogens is 407 g/mol. The van der Waals surface area contributed by atoms with Crippen molar-refractivity contribution in [3.05, 3.63) is 52.9 Å². The molecule has 4 rings (SSSR count). The van der Waals surface area contributed by atoms with E-state index in [-0.39, 0.29) is 11.8 Å². The Morgan fingerprint density at radius 1 is 1.17 bits per heavy atom. The predicted molar refractivity (Wildman–Crippen MR) is 110 cm³/mol. The number of hydrogen-bond acceptors (Lipinski definition) is 6. The zero-order valence-electron chi connectivity index (χ0n) is 17.1. The van der Waals surface area contributed by atoms with E-state index >= 15 is 0 Å². The Kier molecular flexibility index (Phi) is 5.10. The van der Waals surface area contributed by atoms with Crippen LogP contribution in [0, 0.1) is 12.7 Å². The average Bonchev–Trinajstić information content (AvgIpc) is 3.31. The predicted octanol–water partition coefficient (Wildman–Crippen LogP) is 2.77. The van der Waals surface area contributed by atoms with Gasteiger partial charge < -0.3 is 14.4 Å². The fourth-order valence-corrected chi connectivity index (χ4v) is 4.29. The highest BCUT2D eigenvalue weighted by atomic mass is 32.1. The number of benzene rings is 1. The summed E-state index contributed by atoms with van der Waals surface area (Å²) >= 11 is 1.23. The number of amides is 2. The first-order valence-electron chi connectivity index (χ1n) is 9.47. The summed E-state index contributed by atoms with van der Waals surface area (Å²) < 4.78 is 19.4. The molecule has 1 unspecified atom stereocenters. The van der Waals surface area contributed by atoms with Crippen molar-refractivity contribution >= 4 is 23.3 Å². The normalized spacial score (nSPS) is 15.8. The molecule has 1 aromatic carbocycles. The van der Waals surface area contributed by atoms with Crippen molar-refractivity contribution in [3.8, 4) is 10.8 Å². The number of fused-ring (bicyclic) bond motifs is 1. The zero-order valence-corrected chi connectivity index (χ0v) is 17.9. The molecule has 3 aromatic rings. The highest BCUT2D eigenvalue weighted by Crippen LogP contribution is 2.34. The van der Waals surface area contributed by atoms with Crippen LogP contribution in [0.15, 0.2) is 24.3 Å². The SMILES string of the molecule is Cc1nsc(-c2nc(C(=O)N(C)C)c3n2CCN(C(=O)c2ccc(F)cc2)C3C)n1. The van der Waals surface area contributed by atoms with Gasteiger partial charge in [0.2, 0.25) is 0 Å². The van der Waals surface area contributed by atoms with Crippen molar-refractivity contribution in [2.75, 3.05) is 20.6 Å². The van der Waals surface area contributed by atoms with Crippen LogP contribution in [0.4, 0.5) is 4.39 Å². The molecule has 1 aliphatic rings. The number of imidazole rings is 1. The van der Waals surface area contributed by atoms with Gasteiger partial charge in [-0.3, -0.25) is 9.59 Å². The molecule has 0 radical (unpaired) electrons. The maximum absolute atomic E-state index is 13.3. The van der Waals surface area contributed by atoms with Gasteiger partial charge in [-0.1, -0.05) is 0 Å². The average molecular weight is 428 g/mol. The van der Waals surface area contributed by atoms with E-state index in [9.17, 15) is 14.0 Å². The zero-order chi connectivity index (χ0) is 21.6. The Bertz CT molecular complexity index is 1120. The second kappa shape index (κ2) is 7.60. The van der Waals surface area contributed by atoms with E-state index in [4.69, 9.17) is 0 Å². The van der Waals surface area contributed by atoms with E-state index in [1.54, 1.807) is 25.9 Å². The summed E-state index contributed by atoms with van der Waals surface area (Å²) in [4.78, 5) is 38.1. The van der Waals surface area contributed by atoms with Crippen LogP contribution < -0.4 is 0 Å². The van der Waals surface area contributed by atoms with Gasteiger partial charge in [0.25, 0.3) is 11.8 Å². The van der Waals surface area contributed by atoms with Crippen LogP contribution in [0.25, 0.3) is 10.8 Å². The molecule has 30 heavy (non-hydrogen) atoms. The molecule has 0 spiro atoms. The van der Waals surface area contributed by atoms with Crippen LogP contribution in [-0.4, -0.2) is 61.2 Å². The number of hydrogen-bond donors (Lipinski definition) is 0. The van der Waals surface area contributed by atoms with Crippen molar-refractivity contribution in [3.63, 3.8) is 0 Å². The summed E-state index contributed by atoms with van der Waals surface area (Å²) in [6, 6.07) is 5.08. The number of aryl methyl sites for hydroxylation is 1. The smallest absolute Gasteiger partial charge is 0.273 e. The van der Waals surface area contributed by atoms with Crippen molar-refractivity contribution < 1.29 is 14.0 Å². The first-order valence-corrected chi connectivity index (χ1v) is 10.2. The van der Waals surface area contributed by atoms with Gasteiger partial charge in [-0.25, -0.2) is 14.4 Å². The fourth-order valence-electron chi connectivity index (χ4n) is 3.62. The summed E-state index contributed by atoms with van der Waals surface area (Å²) in [6.45, 7) is 4.57. The van der Waals surface area contributed by atoms with Gasteiger partial charge in [-0.15, -0.1) is 0 Å². The maximum atomic E-state index is 13.3. The largest absolute Gasteiger partial charge is 0.343 e.